The van der Waals surface area contributed by atoms with Gasteiger partial charge >= 0.3 is 0 Å². The molecule has 0 aliphatic heterocycles. The van der Waals surface area contributed by atoms with Gasteiger partial charge < -0.3 is 5.32 Å². The lowest BCUT2D eigenvalue weighted by atomic mass is 10.2. The molecule has 6 nitrogen and oxygen atoms in total. The standard InChI is InChI=1S/C13H16N2O4S/c1-3-4-5-6-9-14-12-8-7-11(20(2,18)19)10-13(12)15(16)17/h1,7-8,10,14H,4-6,9H2,2H3. The van der Waals surface area contributed by atoms with Gasteiger partial charge in [0.25, 0.3) is 5.69 Å². The van der Waals surface area contributed by atoms with E-state index in [-0.39, 0.29) is 10.6 Å². The van der Waals surface area contributed by atoms with E-state index in [0.717, 1.165) is 25.2 Å². The molecule has 0 unspecified atom stereocenters. The number of nitrogens with zero attached hydrogens (tertiary/aromatic N) is 1. The van der Waals surface area contributed by atoms with Crippen molar-refractivity contribution in [2.45, 2.75) is 24.2 Å². The van der Waals surface area contributed by atoms with E-state index in [4.69, 9.17) is 6.42 Å². The third-order valence-corrected chi connectivity index (χ3v) is 3.77. The van der Waals surface area contributed by atoms with Crippen molar-refractivity contribution in [3.63, 3.8) is 0 Å². The Balaban J connectivity index is 2.87. The lowest BCUT2D eigenvalue weighted by Crippen LogP contribution is -2.06. The number of nitrogens with one attached hydrogen (secondary N) is 1. The third kappa shape index (κ3) is 4.55. The van der Waals surface area contributed by atoms with E-state index < -0.39 is 14.8 Å². The number of terminal acetylenes is 1. The van der Waals surface area contributed by atoms with Crippen molar-refractivity contribution in [2.75, 3.05) is 18.1 Å². The second-order valence-corrected chi connectivity index (χ2v) is 6.31. The summed E-state index contributed by atoms with van der Waals surface area (Å²) in [6.07, 6.45) is 8.42. The van der Waals surface area contributed by atoms with E-state index in [1.807, 2.05) is 0 Å². The van der Waals surface area contributed by atoms with Crippen molar-refractivity contribution < 1.29 is 13.3 Å². The fourth-order valence-electron chi connectivity index (χ4n) is 1.62. The highest BCUT2D eigenvalue weighted by atomic mass is 32.2. The maximum atomic E-state index is 11.4. The van der Waals surface area contributed by atoms with Crippen LogP contribution in [0.2, 0.25) is 0 Å². The Morgan fingerprint density at radius 3 is 2.65 bits per heavy atom. The Morgan fingerprint density at radius 2 is 2.10 bits per heavy atom. The van der Waals surface area contributed by atoms with Crippen molar-refractivity contribution in [2.24, 2.45) is 0 Å². The summed E-state index contributed by atoms with van der Waals surface area (Å²) in [5.74, 6) is 2.52. The predicted octanol–water partition coefficient (Wildman–Crippen LogP) is 2.21. The molecule has 0 aromatic heterocycles. The molecule has 0 amide bonds. The fourth-order valence-corrected chi connectivity index (χ4v) is 2.26. The highest BCUT2D eigenvalue weighted by molar-refractivity contribution is 7.90. The number of sulfone groups is 1. The van der Waals surface area contributed by atoms with Gasteiger partial charge in [0.2, 0.25) is 0 Å². The van der Waals surface area contributed by atoms with Crippen LogP contribution >= 0.6 is 0 Å². The van der Waals surface area contributed by atoms with Crippen LogP contribution in [0.15, 0.2) is 23.1 Å². The number of hydrogen-bond acceptors (Lipinski definition) is 5. The zero-order chi connectivity index (χ0) is 15.2. The van der Waals surface area contributed by atoms with Crippen LogP contribution in [0.1, 0.15) is 19.3 Å². The number of hydrogen-bond donors (Lipinski definition) is 1. The minimum Gasteiger partial charge on any atom is -0.379 e. The zero-order valence-corrected chi connectivity index (χ0v) is 11.9. The smallest absolute Gasteiger partial charge is 0.293 e. The molecule has 0 fully saturated rings. The summed E-state index contributed by atoms with van der Waals surface area (Å²) in [5, 5.41) is 13.9. The number of nitro benzene ring substituents is 1. The van der Waals surface area contributed by atoms with E-state index >= 15 is 0 Å². The lowest BCUT2D eigenvalue weighted by molar-refractivity contribution is -0.384. The molecule has 1 rings (SSSR count). The third-order valence-electron chi connectivity index (χ3n) is 2.66. The Bertz CT molecular complexity index is 632. The number of anilines is 1. The molecule has 108 valence electrons. The summed E-state index contributed by atoms with van der Waals surface area (Å²) >= 11 is 0. The molecule has 0 aliphatic carbocycles. The van der Waals surface area contributed by atoms with Crippen molar-refractivity contribution in [1.29, 1.82) is 0 Å². The largest absolute Gasteiger partial charge is 0.379 e. The van der Waals surface area contributed by atoms with Gasteiger partial charge in [-0.1, -0.05) is 0 Å². The van der Waals surface area contributed by atoms with E-state index in [1.165, 1.54) is 12.1 Å². The molecular formula is C13H16N2O4S. The second-order valence-electron chi connectivity index (χ2n) is 4.30. The van der Waals surface area contributed by atoms with Crippen LogP contribution in [0.4, 0.5) is 11.4 Å². The Morgan fingerprint density at radius 1 is 1.40 bits per heavy atom. The van der Waals surface area contributed by atoms with Gasteiger partial charge in [-0.05, 0) is 25.0 Å². The van der Waals surface area contributed by atoms with Gasteiger partial charge in [0.1, 0.15) is 5.69 Å². The fraction of sp³-hybridized carbons (Fsp3) is 0.385. The summed E-state index contributed by atoms with van der Waals surface area (Å²) in [7, 11) is -3.46. The van der Waals surface area contributed by atoms with Gasteiger partial charge in [-0.3, -0.25) is 10.1 Å². The molecule has 1 aromatic carbocycles. The van der Waals surface area contributed by atoms with Crippen LogP contribution in [0.3, 0.4) is 0 Å². The van der Waals surface area contributed by atoms with E-state index in [1.54, 1.807) is 0 Å². The molecule has 0 saturated carbocycles. The van der Waals surface area contributed by atoms with Crippen molar-refractivity contribution in [1.82, 2.24) is 0 Å². The van der Waals surface area contributed by atoms with Gasteiger partial charge in [-0.2, -0.15) is 0 Å². The lowest BCUT2D eigenvalue weighted by Gasteiger charge is -2.07. The molecule has 0 heterocycles. The van der Waals surface area contributed by atoms with Crippen molar-refractivity contribution in [3.8, 4) is 12.3 Å². The van der Waals surface area contributed by atoms with Crippen LogP contribution in [-0.4, -0.2) is 26.1 Å². The maximum Gasteiger partial charge on any atom is 0.293 e. The highest BCUT2D eigenvalue weighted by Crippen LogP contribution is 2.27. The van der Waals surface area contributed by atoms with Gasteiger partial charge in [0, 0.05) is 25.3 Å². The molecule has 1 aromatic rings. The Labute approximate surface area is 118 Å². The van der Waals surface area contributed by atoms with Crippen molar-refractivity contribution in [3.05, 3.63) is 28.3 Å². The number of nitro groups is 1. The first-order chi connectivity index (χ1) is 9.36. The van der Waals surface area contributed by atoms with Gasteiger partial charge in [-0.25, -0.2) is 8.42 Å². The first-order valence-corrected chi connectivity index (χ1v) is 7.91. The van der Waals surface area contributed by atoms with Gasteiger partial charge in [-0.15, -0.1) is 12.3 Å². The monoisotopic (exact) mass is 296 g/mol. The Hall–Kier alpha value is -2.07. The average Bonchev–Trinajstić information content (AvgIpc) is 2.37. The van der Waals surface area contributed by atoms with E-state index in [9.17, 15) is 18.5 Å². The van der Waals surface area contributed by atoms with Crippen LogP contribution in [0.5, 0.6) is 0 Å². The topological polar surface area (TPSA) is 89.3 Å². The summed E-state index contributed by atoms with van der Waals surface area (Å²) in [5.41, 5.74) is 0.0629. The molecule has 0 saturated heterocycles. The summed E-state index contributed by atoms with van der Waals surface area (Å²) < 4.78 is 22.8. The van der Waals surface area contributed by atoms with Crippen LogP contribution in [0, 0.1) is 22.5 Å². The zero-order valence-electron chi connectivity index (χ0n) is 11.1. The number of benzene rings is 1. The predicted molar refractivity (Wildman–Crippen MR) is 77.4 cm³/mol. The molecule has 7 heteroatoms. The molecule has 0 radical (unpaired) electrons. The van der Waals surface area contributed by atoms with Gasteiger partial charge in [0.05, 0.1) is 9.82 Å². The highest BCUT2D eigenvalue weighted by Gasteiger charge is 2.18. The number of rotatable bonds is 7. The minimum atomic E-state index is -3.46. The number of unbranched alkanes of at least 4 members (excludes halogenated alkanes) is 2. The molecule has 0 spiro atoms. The van der Waals surface area contributed by atoms with Crippen LogP contribution in [0.25, 0.3) is 0 Å². The van der Waals surface area contributed by atoms with Crippen molar-refractivity contribution >= 4 is 21.2 Å². The average molecular weight is 296 g/mol. The van der Waals surface area contributed by atoms with E-state index in [0.29, 0.717) is 18.7 Å². The maximum absolute atomic E-state index is 11.4. The van der Waals surface area contributed by atoms with Crippen LogP contribution < -0.4 is 5.32 Å². The quantitative estimate of drug-likeness (QED) is 0.360. The van der Waals surface area contributed by atoms with Gasteiger partial charge in [0.15, 0.2) is 9.84 Å². The first kappa shape index (κ1) is 16.0. The summed E-state index contributed by atoms with van der Waals surface area (Å²) in [4.78, 5) is 10.3. The van der Waals surface area contributed by atoms with Crippen LogP contribution in [-0.2, 0) is 9.84 Å². The minimum absolute atomic E-state index is 0.0675. The molecule has 0 atom stereocenters. The molecular weight excluding hydrogens is 280 g/mol. The molecule has 20 heavy (non-hydrogen) atoms. The normalized spacial score (nSPS) is 10.8. The Kier molecular flexibility index (Phi) is 5.53. The summed E-state index contributed by atoms with van der Waals surface area (Å²) in [6.45, 7) is 0.542. The SMILES string of the molecule is C#CCCCCNc1ccc(S(C)(=O)=O)cc1[N+](=O)[O-]. The molecule has 0 aliphatic rings. The second kappa shape index (κ2) is 6.91. The first-order valence-electron chi connectivity index (χ1n) is 6.02. The van der Waals surface area contributed by atoms with E-state index in [2.05, 4.69) is 11.2 Å². The molecule has 1 N–H and O–H groups in total. The summed E-state index contributed by atoms with van der Waals surface area (Å²) in [6, 6.07) is 3.83. The molecule has 0 bridgehead atoms.